The van der Waals surface area contributed by atoms with Crippen LogP contribution in [0.4, 0.5) is 0 Å². The molecule has 1 atom stereocenters. The number of aliphatic imine (C=N–C) groups is 1. The summed E-state index contributed by atoms with van der Waals surface area (Å²) in [4.78, 5) is 4.73. The van der Waals surface area contributed by atoms with Crippen molar-refractivity contribution in [1.29, 1.82) is 0 Å². The lowest BCUT2D eigenvalue weighted by molar-refractivity contribution is 0.0258. The van der Waals surface area contributed by atoms with Crippen molar-refractivity contribution in [2.24, 2.45) is 18.0 Å². The van der Waals surface area contributed by atoms with E-state index in [9.17, 15) is 0 Å². The first-order chi connectivity index (χ1) is 13.5. The topological polar surface area (TPSA) is 76.4 Å². The maximum Gasteiger partial charge on any atom is 0.191 e. The quantitative estimate of drug-likeness (QED) is 0.289. The second-order valence-corrected chi connectivity index (χ2v) is 7.18. The number of halogens is 1. The number of hydrogen-bond acceptors (Lipinski definition) is 4. The Morgan fingerprint density at radius 2 is 1.90 bits per heavy atom. The van der Waals surface area contributed by atoms with Crippen LogP contribution in [0.25, 0.3) is 0 Å². The van der Waals surface area contributed by atoms with E-state index >= 15 is 0 Å². The maximum absolute atomic E-state index is 5.84. The van der Waals surface area contributed by atoms with Gasteiger partial charge < -0.3 is 19.9 Å². The van der Waals surface area contributed by atoms with Crippen LogP contribution in [0.15, 0.2) is 35.3 Å². The molecule has 0 saturated carbocycles. The zero-order chi connectivity index (χ0) is 20.4. The molecular weight excluding hydrogens is 479 g/mol. The van der Waals surface area contributed by atoms with E-state index in [0.29, 0.717) is 19.0 Å². The molecule has 2 aromatic rings. The van der Waals surface area contributed by atoms with Gasteiger partial charge in [-0.3, -0.25) is 0 Å². The molecule has 0 aliphatic carbocycles. The molecule has 0 bridgehead atoms. The largest absolute Gasteiger partial charge is 0.378 e. The van der Waals surface area contributed by atoms with Gasteiger partial charge in [-0.15, -0.1) is 34.2 Å². The second kappa shape index (κ2) is 13.5. The summed E-state index contributed by atoms with van der Waals surface area (Å²) in [5.41, 5.74) is 1.17. The number of ether oxygens (including phenoxy) is 1. The Morgan fingerprint density at radius 3 is 2.48 bits per heavy atom. The van der Waals surface area contributed by atoms with Crippen molar-refractivity contribution in [3.63, 3.8) is 0 Å². The summed E-state index contributed by atoms with van der Waals surface area (Å²) in [5, 5.41) is 15.1. The van der Waals surface area contributed by atoms with Gasteiger partial charge in [0.25, 0.3) is 0 Å². The van der Waals surface area contributed by atoms with Crippen molar-refractivity contribution in [3.05, 3.63) is 47.5 Å². The van der Waals surface area contributed by atoms with Gasteiger partial charge in [0.1, 0.15) is 5.82 Å². The predicted octanol–water partition coefficient (Wildman–Crippen LogP) is 3.43. The minimum Gasteiger partial charge on any atom is -0.378 e. The van der Waals surface area contributed by atoms with E-state index in [2.05, 4.69) is 46.8 Å². The van der Waals surface area contributed by atoms with Gasteiger partial charge in [0.05, 0.1) is 19.2 Å². The molecule has 0 aliphatic heterocycles. The van der Waals surface area contributed by atoms with Gasteiger partial charge in [-0.1, -0.05) is 44.2 Å². The number of benzene rings is 1. The summed E-state index contributed by atoms with van der Waals surface area (Å²) in [6.07, 6.45) is 1.18. The van der Waals surface area contributed by atoms with Crippen LogP contribution in [0.3, 0.4) is 0 Å². The van der Waals surface area contributed by atoms with E-state index in [0.717, 1.165) is 37.2 Å². The molecule has 0 aliphatic rings. The predicted molar refractivity (Wildman–Crippen MR) is 128 cm³/mol. The van der Waals surface area contributed by atoms with Crippen LogP contribution in [0, 0.1) is 12.8 Å². The Bertz CT molecular complexity index is 732. The molecular formula is C21H35IN6O. The number of aromatic nitrogens is 3. The molecule has 2 N–H and O–H groups in total. The fraction of sp³-hybridized carbons (Fsp3) is 0.571. The molecule has 0 saturated heterocycles. The number of guanidine groups is 1. The van der Waals surface area contributed by atoms with Gasteiger partial charge in [-0.25, -0.2) is 4.99 Å². The number of hydrogen-bond donors (Lipinski definition) is 2. The highest BCUT2D eigenvalue weighted by Gasteiger charge is 2.13. The monoisotopic (exact) mass is 514 g/mol. The average Bonchev–Trinajstić information content (AvgIpc) is 3.01. The van der Waals surface area contributed by atoms with Gasteiger partial charge in [-0.2, -0.15) is 0 Å². The molecule has 7 nitrogen and oxygen atoms in total. The van der Waals surface area contributed by atoms with Crippen LogP contribution >= 0.6 is 24.0 Å². The van der Waals surface area contributed by atoms with Gasteiger partial charge in [0.2, 0.25) is 0 Å². The molecule has 1 aromatic carbocycles. The summed E-state index contributed by atoms with van der Waals surface area (Å²) in [6.45, 7) is 11.1. The smallest absolute Gasteiger partial charge is 0.191 e. The molecule has 162 valence electrons. The normalized spacial score (nSPS) is 12.6. The Labute approximate surface area is 191 Å². The fourth-order valence-electron chi connectivity index (χ4n) is 2.85. The molecule has 0 spiro atoms. The van der Waals surface area contributed by atoms with E-state index < -0.39 is 0 Å². The first-order valence-corrected chi connectivity index (χ1v) is 10.0. The number of nitrogens with zero attached hydrogens (tertiary/aromatic N) is 4. The molecule has 8 heteroatoms. The third kappa shape index (κ3) is 8.69. The third-order valence-electron chi connectivity index (χ3n) is 4.70. The highest BCUT2D eigenvalue weighted by molar-refractivity contribution is 14.0. The van der Waals surface area contributed by atoms with Crippen LogP contribution in [0.1, 0.15) is 44.4 Å². The zero-order valence-electron chi connectivity index (χ0n) is 18.2. The van der Waals surface area contributed by atoms with Gasteiger partial charge in [0, 0.05) is 20.2 Å². The molecule has 0 amide bonds. The minimum atomic E-state index is 0. The summed E-state index contributed by atoms with van der Waals surface area (Å²) >= 11 is 0. The number of rotatable bonds is 10. The molecule has 1 heterocycles. The molecule has 0 fully saturated rings. The Morgan fingerprint density at radius 1 is 1.17 bits per heavy atom. The molecule has 1 aromatic heterocycles. The highest BCUT2D eigenvalue weighted by Crippen LogP contribution is 2.10. The summed E-state index contributed by atoms with van der Waals surface area (Å²) in [6, 6.07) is 10.2. The van der Waals surface area contributed by atoms with Gasteiger partial charge >= 0.3 is 0 Å². The lowest BCUT2D eigenvalue weighted by Gasteiger charge is -2.21. The lowest BCUT2D eigenvalue weighted by atomic mass is 10.0. The SMILES string of the molecule is CCOC(CCNC(=NCc1ccccc1)NCc1nnc(C)n1C)C(C)C.I. The minimum absolute atomic E-state index is 0. The Kier molecular flexibility index (Phi) is 11.8. The van der Waals surface area contributed by atoms with Crippen LogP contribution in [0.5, 0.6) is 0 Å². The van der Waals surface area contributed by atoms with Gasteiger partial charge in [-0.05, 0) is 31.7 Å². The van der Waals surface area contributed by atoms with Crippen molar-refractivity contribution in [1.82, 2.24) is 25.4 Å². The third-order valence-corrected chi connectivity index (χ3v) is 4.70. The second-order valence-electron chi connectivity index (χ2n) is 7.18. The first-order valence-electron chi connectivity index (χ1n) is 10.0. The van der Waals surface area contributed by atoms with E-state index in [1.807, 2.05) is 43.7 Å². The van der Waals surface area contributed by atoms with E-state index in [1.54, 1.807) is 0 Å². The fourth-order valence-corrected chi connectivity index (χ4v) is 2.85. The first kappa shape index (κ1) is 25.4. The Balaban J connectivity index is 0.00000420. The van der Waals surface area contributed by atoms with Crippen molar-refractivity contribution in [3.8, 4) is 0 Å². The molecule has 29 heavy (non-hydrogen) atoms. The lowest BCUT2D eigenvalue weighted by Crippen LogP contribution is -2.39. The van der Waals surface area contributed by atoms with Crippen molar-refractivity contribution >= 4 is 29.9 Å². The molecule has 2 rings (SSSR count). The summed E-state index contributed by atoms with van der Waals surface area (Å²) < 4.78 is 7.82. The van der Waals surface area contributed by atoms with Crippen LogP contribution in [-0.4, -0.2) is 40.0 Å². The average molecular weight is 514 g/mol. The zero-order valence-corrected chi connectivity index (χ0v) is 20.5. The van der Waals surface area contributed by atoms with Crippen molar-refractivity contribution in [2.75, 3.05) is 13.2 Å². The standard InChI is InChI=1S/C21H34N6O.HI/c1-6-28-19(16(2)3)12-13-22-21(23-14-18-10-8-7-9-11-18)24-15-20-26-25-17(4)27(20)5;/h7-11,16,19H,6,12-15H2,1-5H3,(H2,22,23,24);1H. The molecule has 1 unspecified atom stereocenters. The summed E-state index contributed by atoms with van der Waals surface area (Å²) in [5.74, 6) is 3.02. The van der Waals surface area contributed by atoms with Gasteiger partial charge in [0.15, 0.2) is 11.8 Å². The number of nitrogens with one attached hydrogen (secondary N) is 2. The maximum atomic E-state index is 5.84. The van der Waals surface area contributed by atoms with E-state index in [-0.39, 0.29) is 30.1 Å². The van der Waals surface area contributed by atoms with Crippen LogP contribution < -0.4 is 10.6 Å². The highest BCUT2D eigenvalue weighted by atomic mass is 127. The summed E-state index contributed by atoms with van der Waals surface area (Å²) in [7, 11) is 1.97. The van der Waals surface area contributed by atoms with Crippen molar-refractivity contribution < 1.29 is 4.74 Å². The van der Waals surface area contributed by atoms with Crippen molar-refractivity contribution in [2.45, 2.75) is 53.3 Å². The Hall–Kier alpha value is -1.68. The molecule has 0 radical (unpaired) electrons. The van der Waals surface area contributed by atoms with Crippen LogP contribution in [0.2, 0.25) is 0 Å². The van der Waals surface area contributed by atoms with E-state index in [1.165, 1.54) is 5.56 Å². The van der Waals surface area contributed by atoms with Crippen LogP contribution in [-0.2, 0) is 24.9 Å². The number of aryl methyl sites for hydroxylation is 1. The van der Waals surface area contributed by atoms with E-state index in [4.69, 9.17) is 9.73 Å².